The number of benzene rings is 1. The lowest BCUT2D eigenvalue weighted by Gasteiger charge is -2.24. The molecule has 0 N–H and O–H groups in total. The normalized spacial score (nSPS) is 16.9. The summed E-state index contributed by atoms with van der Waals surface area (Å²) in [7, 11) is 0. The number of carbonyl (C=O) groups excluding carboxylic acids is 1. The van der Waals surface area contributed by atoms with E-state index in [9.17, 15) is 4.79 Å². The highest BCUT2D eigenvalue weighted by Gasteiger charge is 2.23. The first-order chi connectivity index (χ1) is 12.6. The first-order valence-electron chi connectivity index (χ1n) is 9.19. The van der Waals surface area contributed by atoms with Crippen LogP contribution in [-0.2, 0) is 4.74 Å². The van der Waals surface area contributed by atoms with Gasteiger partial charge in [0.05, 0.1) is 11.7 Å². The van der Waals surface area contributed by atoms with Gasteiger partial charge in [-0.05, 0) is 43.9 Å². The lowest BCUT2D eigenvalue weighted by molar-refractivity contribution is 0.0553. The molecule has 1 aromatic heterocycles. The lowest BCUT2D eigenvalue weighted by Crippen LogP contribution is -2.37. The van der Waals surface area contributed by atoms with E-state index in [-0.39, 0.29) is 12.0 Å². The third-order valence-corrected chi connectivity index (χ3v) is 4.76. The number of aryl methyl sites for hydroxylation is 2. The Labute approximate surface area is 155 Å². The summed E-state index contributed by atoms with van der Waals surface area (Å²) in [4.78, 5) is 19.2. The molecule has 0 radical (unpaired) electrons. The standard InChI is InChI=1S/C22H26N2O2/c1-17-14-20(15-23-18(17)2)22(25)24(16-21-11-7-13-26-21)12-6-10-19-8-4-3-5-9-19/h3-6,8-10,14-15,21H,7,11-13,16H2,1-2H3/b10-6+/t21-/m1/s1. The summed E-state index contributed by atoms with van der Waals surface area (Å²) in [6.45, 7) is 5.90. The van der Waals surface area contributed by atoms with Gasteiger partial charge in [0.2, 0.25) is 0 Å². The molecule has 3 rings (SSSR count). The number of hydrogen-bond acceptors (Lipinski definition) is 3. The fourth-order valence-corrected chi connectivity index (χ4v) is 3.10. The van der Waals surface area contributed by atoms with Crippen molar-refractivity contribution in [3.63, 3.8) is 0 Å². The molecule has 0 unspecified atom stereocenters. The molecular formula is C22H26N2O2. The predicted octanol–water partition coefficient (Wildman–Crippen LogP) is 4.03. The quantitative estimate of drug-likeness (QED) is 0.790. The van der Waals surface area contributed by atoms with Crippen molar-refractivity contribution in [1.29, 1.82) is 0 Å². The van der Waals surface area contributed by atoms with Crippen LogP contribution in [0.4, 0.5) is 0 Å². The molecular weight excluding hydrogens is 324 g/mol. The third-order valence-electron chi connectivity index (χ3n) is 4.76. The highest BCUT2D eigenvalue weighted by Crippen LogP contribution is 2.16. The van der Waals surface area contributed by atoms with Gasteiger partial charge in [0.1, 0.15) is 0 Å². The summed E-state index contributed by atoms with van der Waals surface area (Å²) < 4.78 is 5.74. The SMILES string of the molecule is Cc1cc(C(=O)N(C/C=C/c2ccccc2)C[C@H]2CCCO2)cnc1C. The van der Waals surface area contributed by atoms with E-state index in [1.807, 2.05) is 49.1 Å². The van der Waals surface area contributed by atoms with E-state index in [1.54, 1.807) is 6.20 Å². The fraction of sp³-hybridized carbons (Fsp3) is 0.364. The van der Waals surface area contributed by atoms with E-state index in [4.69, 9.17) is 4.74 Å². The zero-order valence-electron chi connectivity index (χ0n) is 15.5. The Morgan fingerprint density at radius 3 is 2.81 bits per heavy atom. The second-order valence-electron chi connectivity index (χ2n) is 6.78. The topological polar surface area (TPSA) is 42.4 Å². The van der Waals surface area contributed by atoms with Crippen molar-refractivity contribution in [2.75, 3.05) is 19.7 Å². The molecule has 0 saturated carbocycles. The van der Waals surface area contributed by atoms with Gasteiger partial charge in [-0.2, -0.15) is 0 Å². The molecule has 0 spiro atoms. The van der Waals surface area contributed by atoms with Gasteiger partial charge in [0.25, 0.3) is 5.91 Å². The molecule has 2 heterocycles. The molecule has 1 atom stereocenters. The Balaban J connectivity index is 1.74. The number of nitrogens with zero attached hydrogens (tertiary/aromatic N) is 2. The van der Waals surface area contributed by atoms with Crippen LogP contribution in [0.15, 0.2) is 48.7 Å². The van der Waals surface area contributed by atoms with Crippen molar-refractivity contribution in [3.8, 4) is 0 Å². The minimum atomic E-state index is 0.00816. The molecule has 1 fully saturated rings. The van der Waals surface area contributed by atoms with Crippen LogP contribution in [0.2, 0.25) is 0 Å². The van der Waals surface area contributed by atoms with E-state index in [2.05, 4.69) is 23.2 Å². The first-order valence-corrected chi connectivity index (χ1v) is 9.19. The molecule has 26 heavy (non-hydrogen) atoms. The second-order valence-corrected chi connectivity index (χ2v) is 6.78. The summed E-state index contributed by atoms with van der Waals surface area (Å²) in [5.74, 6) is 0.00816. The highest BCUT2D eigenvalue weighted by atomic mass is 16.5. The summed E-state index contributed by atoms with van der Waals surface area (Å²) in [6, 6.07) is 12.0. The number of rotatable bonds is 6. The number of carbonyl (C=O) groups is 1. The van der Waals surface area contributed by atoms with Crippen LogP contribution in [0.5, 0.6) is 0 Å². The van der Waals surface area contributed by atoms with Gasteiger partial charge in [0, 0.05) is 31.6 Å². The molecule has 1 aromatic carbocycles. The Morgan fingerprint density at radius 2 is 2.12 bits per heavy atom. The zero-order valence-corrected chi connectivity index (χ0v) is 15.5. The van der Waals surface area contributed by atoms with E-state index in [0.29, 0.717) is 18.7 Å². The van der Waals surface area contributed by atoms with E-state index in [0.717, 1.165) is 36.3 Å². The molecule has 1 aliphatic rings. The minimum absolute atomic E-state index is 0.00816. The van der Waals surface area contributed by atoms with Gasteiger partial charge in [-0.1, -0.05) is 42.5 Å². The molecule has 1 saturated heterocycles. The van der Waals surface area contributed by atoms with Crippen molar-refractivity contribution in [2.45, 2.75) is 32.8 Å². The molecule has 1 amide bonds. The number of hydrogen-bond donors (Lipinski definition) is 0. The van der Waals surface area contributed by atoms with Crippen LogP contribution in [0.25, 0.3) is 6.08 Å². The largest absolute Gasteiger partial charge is 0.376 e. The Hall–Kier alpha value is -2.46. The predicted molar refractivity (Wildman–Crippen MR) is 104 cm³/mol. The monoisotopic (exact) mass is 350 g/mol. The molecule has 1 aliphatic heterocycles. The number of pyridine rings is 1. The molecule has 136 valence electrons. The van der Waals surface area contributed by atoms with Crippen molar-refractivity contribution >= 4 is 12.0 Å². The van der Waals surface area contributed by atoms with Crippen LogP contribution < -0.4 is 0 Å². The zero-order chi connectivity index (χ0) is 18.4. The second kappa shape index (κ2) is 8.77. The first kappa shape index (κ1) is 18.3. The number of aromatic nitrogens is 1. The Kier molecular flexibility index (Phi) is 6.18. The minimum Gasteiger partial charge on any atom is -0.376 e. The summed E-state index contributed by atoms with van der Waals surface area (Å²) in [6.07, 6.45) is 7.97. The fourth-order valence-electron chi connectivity index (χ4n) is 3.10. The summed E-state index contributed by atoms with van der Waals surface area (Å²) in [5.41, 5.74) is 3.76. The third kappa shape index (κ3) is 4.79. The van der Waals surface area contributed by atoms with Crippen molar-refractivity contribution in [2.24, 2.45) is 0 Å². The van der Waals surface area contributed by atoms with Gasteiger partial charge in [-0.3, -0.25) is 9.78 Å². The van der Waals surface area contributed by atoms with Crippen molar-refractivity contribution in [3.05, 3.63) is 71.1 Å². The maximum atomic E-state index is 13.0. The summed E-state index contributed by atoms with van der Waals surface area (Å²) >= 11 is 0. The van der Waals surface area contributed by atoms with Gasteiger partial charge in [-0.25, -0.2) is 0 Å². The smallest absolute Gasteiger partial charge is 0.255 e. The Morgan fingerprint density at radius 1 is 1.31 bits per heavy atom. The van der Waals surface area contributed by atoms with Gasteiger partial charge < -0.3 is 9.64 Å². The average molecular weight is 350 g/mol. The summed E-state index contributed by atoms with van der Waals surface area (Å²) in [5, 5.41) is 0. The molecule has 4 nitrogen and oxygen atoms in total. The van der Waals surface area contributed by atoms with Crippen LogP contribution >= 0.6 is 0 Å². The Bertz CT molecular complexity index is 765. The molecule has 2 aromatic rings. The molecule has 0 bridgehead atoms. The van der Waals surface area contributed by atoms with Gasteiger partial charge in [0.15, 0.2) is 0 Å². The van der Waals surface area contributed by atoms with Crippen molar-refractivity contribution < 1.29 is 9.53 Å². The van der Waals surface area contributed by atoms with Crippen LogP contribution in [0, 0.1) is 13.8 Å². The van der Waals surface area contributed by atoms with Crippen LogP contribution in [0.1, 0.15) is 40.0 Å². The van der Waals surface area contributed by atoms with Gasteiger partial charge >= 0.3 is 0 Å². The van der Waals surface area contributed by atoms with Crippen LogP contribution in [-0.4, -0.2) is 41.6 Å². The maximum Gasteiger partial charge on any atom is 0.255 e. The maximum absolute atomic E-state index is 13.0. The highest BCUT2D eigenvalue weighted by molar-refractivity contribution is 5.94. The molecule has 0 aliphatic carbocycles. The van der Waals surface area contributed by atoms with E-state index < -0.39 is 0 Å². The van der Waals surface area contributed by atoms with Crippen LogP contribution in [0.3, 0.4) is 0 Å². The molecule has 4 heteroatoms. The number of amides is 1. The lowest BCUT2D eigenvalue weighted by atomic mass is 10.1. The van der Waals surface area contributed by atoms with Crippen molar-refractivity contribution in [1.82, 2.24) is 9.88 Å². The van der Waals surface area contributed by atoms with E-state index in [1.165, 1.54) is 0 Å². The van der Waals surface area contributed by atoms with Gasteiger partial charge in [-0.15, -0.1) is 0 Å². The average Bonchev–Trinajstić information content (AvgIpc) is 3.16. The van der Waals surface area contributed by atoms with E-state index >= 15 is 0 Å². The number of ether oxygens (including phenoxy) is 1.